The summed E-state index contributed by atoms with van der Waals surface area (Å²) in [7, 11) is 1.44. The molecule has 0 atom stereocenters. The molecule has 0 fully saturated rings. The van der Waals surface area contributed by atoms with Crippen molar-refractivity contribution in [2.75, 3.05) is 7.11 Å². The smallest absolute Gasteiger partial charge is 0.243 e. The molecule has 0 saturated heterocycles. The van der Waals surface area contributed by atoms with Crippen LogP contribution in [0.5, 0.6) is 5.88 Å². The fourth-order valence-electron chi connectivity index (χ4n) is 1.40. The van der Waals surface area contributed by atoms with Gasteiger partial charge in [-0.3, -0.25) is 4.79 Å². The number of hydrogen-bond acceptors (Lipinski definition) is 4. The first kappa shape index (κ1) is 13.0. The Balaban J connectivity index is 2.44. The fraction of sp³-hybridized carbons (Fsp3) is 0.0833. The third-order valence-corrected chi connectivity index (χ3v) is 3.49. The molecule has 92 valence electrons. The van der Waals surface area contributed by atoms with Crippen LogP contribution in [0.1, 0.15) is 16.1 Å². The highest BCUT2D eigenvalue weighted by atomic mass is 79.9. The van der Waals surface area contributed by atoms with E-state index in [1.165, 1.54) is 19.5 Å². The van der Waals surface area contributed by atoms with E-state index in [1.54, 1.807) is 18.2 Å². The molecule has 18 heavy (non-hydrogen) atoms. The van der Waals surface area contributed by atoms with Gasteiger partial charge in [0.1, 0.15) is 0 Å². The van der Waals surface area contributed by atoms with Crippen molar-refractivity contribution in [2.45, 2.75) is 0 Å². The predicted molar refractivity (Wildman–Crippen MR) is 71.2 cm³/mol. The first-order valence-corrected chi connectivity index (χ1v) is 6.15. The fourth-order valence-corrected chi connectivity index (χ4v) is 1.83. The van der Waals surface area contributed by atoms with Gasteiger partial charge >= 0.3 is 0 Å². The second-order valence-electron chi connectivity index (χ2n) is 3.37. The van der Waals surface area contributed by atoms with Crippen LogP contribution in [0.2, 0.25) is 5.02 Å². The summed E-state index contributed by atoms with van der Waals surface area (Å²) in [6, 6.07) is 4.94. The summed E-state index contributed by atoms with van der Waals surface area (Å²) >= 11 is 9.22. The van der Waals surface area contributed by atoms with E-state index in [2.05, 4.69) is 25.9 Å². The number of aromatic nitrogens is 2. The second kappa shape index (κ2) is 5.46. The Bertz CT molecular complexity index is 604. The molecule has 0 bridgehead atoms. The lowest BCUT2D eigenvalue weighted by Crippen LogP contribution is -2.07. The summed E-state index contributed by atoms with van der Waals surface area (Å²) in [5.41, 5.74) is 0.598. The lowest BCUT2D eigenvalue weighted by Gasteiger charge is -2.05. The van der Waals surface area contributed by atoms with E-state index in [1.807, 2.05) is 0 Å². The Morgan fingerprint density at radius 1 is 1.33 bits per heavy atom. The summed E-state index contributed by atoms with van der Waals surface area (Å²) in [6.45, 7) is 0. The van der Waals surface area contributed by atoms with Crippen molar-refractivity contribution >= 4 is 33.3 Å². The normalized spacial score (nSPS) is 10.2. The Labute approximate surface area is 117 Å². The quantitative estimate of drug-likeness (QED) is 0.813. The second-order valence-corrected chi connectivity index (χ2v) is 4.63. The van der Waals surface area contributed by atoms with Crippen molar-refractivity contribution in [3.63, 3.8) is 0 Å². The van der Waals surface area contributed by atoms with Crippen LogP contribution in [0.15, 0.2) is 35.1 Å². The van der Waals surface area contributed by atoms with Crippen LogP contribution in [-0.4, -0.2) is 22.9 Å². The topological polar surface area (TPSA) is 52.1 Å². The van der Waals surface area contributed by atoms with Crippen molar-refractivity contribution < 1.29 is 9.53 Å². The number of hydrogen-bond donors (Lipinski definition) is 0. The Morgan fingerprint density at radius 3 is 2.72 bits per heavy atom. The molecule has 0 unspecified atom stereocenters. The van der Waals surface area contributed by atoms with Crippen molar-refractivity contribution in [2.24, 2.45) is 0 Å². The molecule has 4 nitrogen and oxygen atoms in total. The zero-order valence-electron chi connectivity index (χ0n) is 9.35. The Morgan fingerprint density at radius 2 is 2.06 bits per heavy atom. The lowest BCUT2D eigenvalue weighted by molar-refractivity contribution is 0.103. The van der Waals surface area contributed by atoms with Crippen LogP contribution >= 0.6 is 27.5 Å². The lowest BCUT2D eigenvalue weighted by atomic mass is 10.1. The van der Waals surface area contributed by atoms with E-state index in [-0.39, 0.29) is 17.4 Å². The van der Waals surface area contributed by atoms with Crippen LogP contribution < -0.4 is 4.74 Å². The first-order valence-electron chi connectivity index (χ1n) is 4.98. The molecule has 0 spiro atoms. The van der Waals surface area contributed by atoms with Crippen LogP contribution in [0, 0.1) is 0 Å². The average Bonchev–Trinajstić information content (AvgIpc) is 2.41. The molecule has 0 aliphatic rings. The predicted octanol–water partition coefficient (Wildman–Crippen LogP) is 3.13. The maximum Gasteiger partial charge on any atom is 0.243 e. The van der Waals surface area contributed by atoms with E-state index < -0.39 is 0 Å². The van der Waals surface area contributed by atoms with Crippen molar-refractivity contribution in [3.05, 3.63) is 51.3 Å². The zero-order chi connectivity index (χ0) is 13.1. The van der Waals surface area contributed by atoms with Crippen LogP contribution in [0.4, 0.5) is 0 Å². The van der Waals surface area contributed by atoms with Crippen molar-refractivity contribution in [1.29, 1.82) is 0 Å². The first-order chi connectivity index (χ1) is 8.63. The molecule has 0 amide bonds. The van der Waals surface area contributed by atoms with Crippen LogP contribution in [0.3, 0.4) is 0 Å². The maximum atomic E-state index is 12.2. The van der Waals surface area contributed by atoms with Gasteiger partial charge in [-0.05, 0) is 34.1 Å². The number of rotatable bonds is 3. The minimum Gasteiger partial charge on any atom is -0.479 e. The molecule has 0 N–H and O–H groups in total. The Kier molecular flexibility index (Phi) is 3.93. The molecule has 2 rings (SSSR count). The van der Waals surface area contributed by atoms with Gasteiger partial charge in [-0.2, -0.15) is 0 Å². The highest BCUT2D eigenvalue weighted by molar-refractivity contribution is 9.10. The molecule has 1 aromatic heterocycles. The van der Waals surface area contributed by atoms with Gasteiger partial charge in [-0.25, -0.2) is 9.97 Å². The molecular formula is C12H8BrClN2O2. The van der Waals surface area contributed by atoms with Gasteiger partial charge in [0.15, 0.2) is 5.69 Å². The molecule has 0 aliphatic carbocycles. The molecule has 0 aliphatic heterocycles. The van der Waals surface area contributed by atoms with Gasteiger partial charge < -0.3 is 4.74 Å². The Hall–Kier alpha value is -1.46. The minimum absolute atomic E-state index is 0.165. The standard InChI is InChI=1S/C12H8BrClN2O2/c1-18-12-10(15-4-5-16-12)11(17)7-2-3-8(13)9(14)6-7/h2-6H,1H3. The SMILES string of the molecule is COc1nccnc1C(=O)c1ccc(Br)c(Cl)c1. The highest BCUT2D eigenvalue weighted by Crippen LogP contribution is 2.25. The van der Waals surface area contributed by atoms with Gasteiger partial charge in [0.25, 0.3) is 0 Å². The summed E-state index contributed by atoms with van der Waals surface area (Å²) in [6.07, 6.45) is 2.90. The summed E-state index contributed by atoms with van der Waals surface area (Å²) in [4.78, 5) is 20.2. The summed E-state index contributed by atoms with van der Waals surface area (Å²) in [5, 5.41) is 0.462. The van der Waals surface area contributed by atoms with Gasteiger partial charge in [0.05, 0.1) is 12.1 Å². The average molecular weight is 328 g/mol. The molecule has 6 heteroatoms. The minimum atomic E-state index is -0.283. The van der Waals surface area contributed by atoms with E-state index in [4.69, 9.17) is 16.3 Å². The van der Waals surface area contributed by atoms with Crippen LogP contribution in [0.25, 0.3) is 0 Å². The number of methoxy groups -OCH3 is 1. The third-order valence-electron chi connectivity index (χ3n) is 2.25. The number of ketones is 1. The van der Waals surface area contributed by atoms with Crippen LogP contribution in [-0.2, 0) is 0 Å². The van der Waals surface area contributed by atoms with Crippen molar-refractivity contribution in [3.8, 4) is 5.88 Å². The number of carbonyl (C=O) groups is 1. The van der Waals surface area contributed by atoms with E-state index in [0.717, 1.165) is 4.47 Å². The molecule has 0 radical (unpaired) electrons. The van der Waals surface area contributed by atoms with Crippen molar-refractivity contribution in [1.82, 2.24) is 9.97 Å². The van der Waals surface area contributed by atoms with Gasteiger partial charge in [-0.15, -0.1) is 0 Å². The molecule has 1 aromatic carbocycles. The van der Waals surface area contributed by atoms with E-state index in [0.29, 0.717) is 10.6 Å². The summed E-state index contributed by atoms with van der Waals surface area (Å²) in [5.74, 6) is -0.0871. The zero-order valence-corrected chi connectivity index (χ0v) is 11.7. The van der Waals surface area contributed by atoms with E-state index >= 15 is 0 Å². The van der Waals surface area contributed by atoms with Gasteiger partial charge in [-0.1, -0.05) is 11.6 Å². The highest BCUT2D eigenvalue weighted by Gasteiger charge is 2.17. The molecule has 2 aromatic rings. The van der Waals surface area contributed by atoms with E-state index in [9.17, 15) is 4.79 Å². The van der Waals surface area contributed by atoms with Gasteiger partial charge in [0, 0.05) is 22.4 Å². The molecule has 0 saturated carbocycles. The monoisotopic (exact) mass is 326 g/mol. The third kappa shape index (κ3) is 2.52. The number of ether oxygens (including phenoxy) is 1. The maximum absolute atomic E-state index is 12.2. The largest absolute Gasteiger partial charge is 0.479 e. The molecular weight excluding hydrogens is 320 g/mol. The number of carbonyl (C=O) groups excluding carboxylic acids is 1. The number of benzene rings is 1. The van der Waals surface area contributed by atoms with Gasteiger partial charge in [0.2, 0.25) is 11.7 Å². The summed E-state index contributed by atoms with van der Waals surface area (Å²) < 4.78 is 5.73. The number of nitrogens with zero attached hydrogens (tertiary/aromatic N) is 2. The number of halogens is 2. The molecule has 1 heterocycles.